The molecule has 5 heteroatoms. The number of hydrogen-bond acceptors (Lipinski definition) is 0. The predicted molar refractivity (Wildman–Crippen MR) is 90.2 cm³/mol. The molecule has 4 aromatic carbocycles. The van der Waals surface area contributed by atoms with E-state index in [2.05, 4.69) is 0 Å². The molecule has 98 valence electrons. The van der Waals surface area contributed by atoms with Gasteiger partial charge in [-0.05, 0) is 12.1 Å². The van der Waals surface area contributed by atoms with Crippen LogP contribution in [0.1, 0.15) is 0 Å². The first-order valence-corrected chi connectivity index (χ1v) is 7.49. The van der Waals surface area contributed by atoms with Crippen molar-refractivity contribution in [2.24, 2.45) is 0 Å². The van der Waals surface area contributed by atoms with Crippen LogP contribution in [0.2, 0.25) is 20.1 Å². The monoisotopic (exact) mass is 361 g/mol. The second kappa shape index (κ2) is 5.62. The Bertz CT molecular complexity index is 840. The normalized spacial score (nSPS) is 11.4. The summed E-state index contributed by atoms with van der Waals surface area (Å²) in [6, 6.07) is 11.4. The van der Waals surface area contributed by atoms with Gasteiger partial charge < -0.3 is 0 Å². The molecule has 0 radical (unpaired) electrons. The second-order valence-corrected chi connectivity index (χ2v) is 6.38. The molecule has 0 aliphatic carbocycles. The molecule has 0 saturated heterocycles. The van der Waals surface area contributed by atoms with Crippen molar-refractivity contribution >= 4 is 78.7 Å². The van der Waals surface area contributed by atoms with E-state index in [-0.39, 0.29) is 29.6 Å². The second-order valence-electron chi connectivity index (χ2n) is 4.75. The summed E-state index contributed by atoms with van der Waals surface area (Å²) in [6.45, 7) is 0. The van der Waals surface area contributed by atoms with Gasteiger partial charge in [0.25, 0.3) is 0 Å². The predicted octanol–water partition coefficient (Wildman–Crippen LogP) is 4.20. The van der Waals surface area contributed by atoms with E-state index in [1.807, 2.05) is 24.3 Å². The largest absolute Gasteiger partial charge is 1.00 e. The molecule has 0 atom stereocenters. The summed E-state index contributed by atoms with van der Waals surface area (Å²) >= 11 is 25.3. The third-order valence-electron chi connectivity index (χ3n) is 3.70. The minimum absolute atomic E-state index is 0. The Hall–Kier alpha value is 0.0800. The van der Waals surface area contributed by atoms with Crippen molar-refractivity contribution in [2.45, 2.75) is 0 Å². The zero-order chi connectivity index (χ0) is 14.0. The fourth-order valence-electron chi connectivity index (χ4n) is 2.83. The van der Waals surface area contributed by atoms with E-state index >= 15 is 0 Å². The quantitative estimate of drug-likeness (QED) is 0.325. The molecule has 0 bridgehead atoms. The minimum Gasteiger partial charge on any atom is -0.0836 e. The molecule has 0 heterocycles. The van der Waals surface area contributed by atoms with Gasteiger partial charge in [-0.25, -0.2) is 0 Å². The molecule has 0 amide bonds. The van der Waals surface area contributed by atoms with Crippen molar-refractivity contribution in [3.8, 4) is 0 Å². The minimum atomic E-state index is 0. The Morgan fingerprint density at radius 2 is 0.714 bits per heavy atom. The molecule has 21 heavy (non-hydrogen) atoms. The van der Waals surface area contributed by atoms with Gasteiger partial charge in [-0.2, -0.15) is 0 Å². The molecule has 0 N–H and O–H groups in total. The van der Waals surface area contributed by atoms with E-state index in [0.717, 1.165) is 32.3 Å². The van der Waals surface area contributed by atoms with Gasteiger partial charge in [0.1, 0.15) is 0 Å². The summed E-state index contributed by atoms with van der Waals surface area (Å²) < 4.78 is 0. The van der Waals surface area contributed by atoms with Crippen molar-refractivity contribution in [3.05, 3.63) is 56.5 Å². The Morgan fingerprint density at radius 1 is 0.476 bits per heavy atom. The first kappa shape index (κ1) is 16.0. The zero-order valence-electron chi connectivity index (χ0n) is 11.0. The van der Waals surface area contributed by atoms with Gasteiger partial charge in [-0.15, -0.1) is 0 Å². The van der Waals surface area contributed by atoms with Crippen LogP contribution in [0.15, 0.2) is 36.4 Å². The molecule has 0 aromatic heterocycles. The molecule has 0 fully saturated rings. The van der Waals surface area contributed by atoms with Crippen LogP contribution in [0, 0.1) is 0 Å². The van der Waals surface area contributed by atoms with Crippen LogP contribution in [0.5, 0.6) is 0 Å². The molecule has 4 aromatic rings. The fraction of sp³-hybridized carbons (Fsp3) is 0. The summed E-state index contributed by atoms with van der Waals surface area (Å²) in [5, 5.41) is 8.40. The van der Waals surface area contributed by atoms with Crippen LogP contribution >= 0.6 is 46.4 Å². The average molecular weight is 363 g/mol. The van der Waals surface area contributed by atoms with Gasteiger partial charge in [-0.1, -0.05) is 70.7 Å². The van der Waals surface area contributed by atoms with Gasteiger partial charge in [-0.3, -0.25) is 0 Å². The molecule has 0 aliphatic heterocycles. The topological polar surface area (TPSA) is 0 Å². The first-order valence-electron chi connectivity index (χ1n) is 5.98. The zero-order valence-corrected chi connectivity index (χ0v) is 16.0. The Balaban J connectivity index is 0.00000132. The Morgan fingerprint density at radius 3 is 0.952 bits per heavy atom. The third kappa shape index (κ3) is 2.24. The maximum atomic E-state index is 6.32. The Labute approximate surface area is 163 Å². The van der Waals surface area contributed by atoms with Gasteiger partial charge in [0.2, 0.25) is 0 Å². The molecule has 4 rings (SSSR count). The Kier molecular flexibility index (Phi) is 4.27. The average Bonchev–Trinajstić information content (AvgIpc) is 2.42. The number of rotatable bonds is 0. The van der Waals surface area contributed by atoms with E-state index in [9.17, 15) is 0 Å². The van der Waals surface area contributed by atoms with E-state index in [0.29, 0.717) is 20.1 Å². The number of halogens is 4. The van der Waals surface area contributed by atoms with Crippen LogP contribution in [0.25, 0.3) is 32.3 Å². The molecule has 0 saturated carbocycles. The molecule has 0 aliphatic rings. The maximum absolute atomic E-state index is 6.32. The van der Waals surface area contributed by atoms with Crippen LogP contribution in [-0.2, 0) is 0 Å². The van der Waals surface area contributed by atoms with Crippen molar-refractivity contribution in [1.29, 1.82) is 0 Å². The van der Waals surface area contributed by atoms with Crippen LogP contribution in [0.4, 0.5) is 0 Å². The van der Waals surface area contributed by atoms with Crippen molar-refractivity contribution < 1.29 is 29.6 Å². The van der Waals surface area contributed by atoms with Gasteiger partial charge >= 0.3 is 29.6 Å². The maximum Gasteiger partial charge on any atom is 1.00 e. The van der Waals surface area contributed by atoms with Crippen LogP contribution < -0.4 is 29.6 Å². The molecule has 0 spiro atoms. The van der Waals surface area contributed by atoms with Crippen LogP contribution in [-0.4, -0.2) is 0 Å². The summed E-state index contributed by atoms with van der Waals surface area (Å²) in [4.78, 5) is 0. The first-order chi connectivity index (χ1) is 9.58. The van der Waals surface area contributed by atoms with Crippen molar-refractivity contribution in [3.63, 3.8) is 0 Å². The van der Waals surface area contributed by atoms with E-state index in [1.165, 1.54) is 0 Å². The van der Waals surface area contributed by atoms with Gasteiger partial charge in [0, 0.05) is 52.4 Å². The van der Waals surface area contributed by atoms with Crippen molar-refractivity contribution in [2.75, 3.05) is 0 Å². The summed E-state index contributed by atoms with van der Waals surface area (Å²) in [6.07, 6.45) is 0. The molecular weight excluding hydrogens is 357 g/mol. The summed E-state index contributed by atoms with van der Waals surface area (Å²) in [5.74, 6) is 0. The van der Waals surface area contributed by atoms with Crippen molar-refractivity contribution in [1.82, 2.24) is 0 Å². The van der Waals surface area contributed by atoms with E-state index in [4.69, 9.17) is 46.4 Å². The SMILES string of the molecule is Clc1cc(Cl)c2ccc3c(Cl)cc(Cl)c4ccc1c2c43.[Na+]. The summed E-state index contributed by atoms with van der Waals surface area (Å²) in [5.41, 5.74) is 0. The fourth-order valence-corrected chi connectivity index (χ4v) is 4.00. The van der Waals surface area contributed by atoms with E-state index in [1.54, 1.807) is 12.1 Å². The molecule has 0 unspecified atom stereocenters. The number of hydrogen-bond donors (Lipinski definition) is 0. The smallest absolute Gasteiger partial charge is 0.0836 e. The standard InChI is InChI=1S/C16H6Cl4.Na/c17-11-5-13(19)9-3-4-10-14(20)6-12(18)8-2-1-7(11)15(9)16(8)10;/h1-6H;/q;+1. The van der Waals surface area contributed by atoms with Crippen LogP contribution in [0.3, 0.4) is 0 Å². The molecular formula is C16H6Cl4Na+. The third-order valence-corrected chi connectivity index (χ3v) is 4.95. The molecule has 0 nitrogen and oxygen atoms in total. The summed E-state index contributed by atoms with van der Waals surface area (Å²) in [7, 11) is 0. The van der Waals surface area contributed by atoms with Gasteiger partial charge in [0.05, 0.1) is 0 Å². The van der Waals surface area contributed by atoms with Gasteiger partial charge in [0.15, 0.2) is 0 Å². The number of benzene rings is 4. The van der Waals surface area contributed by atoms with E-state index < -0.39 is 0 Å².